The van der Waals surface area contributed by atoms with Crippen LogP contribution in [0.1, 0.15) is 16.9 Å². The molecule has 7 nitrogen and oxygen atoms in total. The largest absolute Gasteiger partial charge is 0.383 e. The minimum absolute atomic E-state index is 0.0831. The molecule has 1 aromatic rings. The maximum absolute atomic E-state index is 11.6. The van der Waals surface area contributed by atoms with Gasteiger partial charge in [0.15, 0.2) is 5.69 Å². The number of nitrogens with one attached hydrogen (secondary N) is 1. The molecule has 1 heterocycles. The number of carbonyl (C=O) groups is 1. The van der Waals surface area contributed by atoms with Crippen LogP contribution in [0.2, 0.25) is 0 Å². The molecule has 1 amide bonds. The predicted molar refractivity (Wildman–Crippen MR) is 73.0 cm³/mol. The fraction of sp³-hybridized carbons (Fsp3) is 0.583. The minimum Gasteiger partial charge on any atom is -0.383 e. The van der Waals surface area contributed by atoms with E-state index in [-0.39, 0.29) is 11.9 Å². The molecule has 0 spiro atoms. The lowest BCUT2D eigenvalue weighted by Gasteiger charge is -2.17. The lowest BCUT2D eigenvalue weighted by molar-refractivity contribution is 0.0821. The van der Waals surface area contributed by atoms with Crippen molar-refractivity contribution in [3.63, 3.8) is 0 Å². The Morgan fingerprint density at radius 1 is 1.47 bits per heavy atom. The highest BCUT2D eigenvalue weighted by molar-refractivity contribution is 5.91. The first-order valence-electron chi connectivity index (χ1n) is 6.09. The van der Waals surface area contributed by atoms with Crippen LogP contribution in [0, 0.1) is 0 Å². The van der Waals surface area contributed by atoms with Crippen molar-refractivity contribution in [2.24, 2.45) is 5.73 Å². The van der Waals surface area contributed by atoms with Crippen molar-refractivity contribution in [2.45, 2.75) is 12.5 Å². The van der Waals surface area contributed by atoms with Gasteiger partial charge >= 0.3 is 0 Å². The third-order valence-electron chi connectivity index (χ3n) is 2.52. The van der Waals surface area contributed by atoms with Gasteiger partial charge in [-0.2, -0.15) is 0 Å². The number of hydrogen-bond acceptors (Lipinski definition) is 6. The van der Waals surface area contributed by atoms with Crippen LogP contribution >= 0.6 is 0 Å². The number of anilines is 1. The summed E-state index contributed by atoms with van der Waals surface area (Å²) in [4.78, 5) is 13.1. The number of hydrogen-bond donors (Lipinski definition) is 2. The lowest BCUT2D eigenvalue weighted by Crippen LogP contribution is -2.28. The monoisotopic (exact) mass is 267 g/mol. The van der Waals surface area contributed by atoms with E-state index in [1.165, 1.54) is 4.90 Å². The first-order chi connectivity index (χ1) is 9.08. The van der Waals surface area contributed by atoms with Crippen molar-refractivity contribution in [1.82, 2.24) is 15.1 Å². The van der Waals surface area contributed by atoms with Crippen LogP contribution in [0.25, 0.3) is 0 Å². The number of amides is 1. The Balaban J connectivity index is 2.67. The number of ether oxygens (including phenoxy) is 1. The molecule has 0 aliphatic heterocycles. The zero-order valence-electron chi connectivity index (χ0n) is 11.6. The van der Waals surface area contributed by atoms with E-state index in [2.05, 4.69) is 15.5 Å². The fourth-order valence-corrected chi connectivity index (χ4v) is 1.56. The molecule has 1 aromatic heterocycles. The summed E-state index contributed by atoms with van der Waals surface area (Å²) in [7, 11) is 4.98. The molecule has 3 N–H and O–H groups in total. The van der Waals surface area contributed by atoms with E-state index in [1.54, 1.807) is 33.3 Å². The van der Waals surface area contributed by atoms with Crippen molar-refractivity contribution in [3.05, 3.63) is 17.8 Å². The summed E-state index contributed by atoms with van der Waals surface area (Å²) < 4.78 is 5.10. The number of nitrogens with two attached hydrogens (primary N) is 1. The number of aromatic nitrogens is 2. The summed E-state index contributed by atoms with van der Waals surface area (Å²) in [5.41, 5.74) is 5.85. The van der Waals surface area contributed by atoms with Crippen LogP contribution in [0.5, 0.6) is 0 Å². The maximum Gasteiger partial charge on any atom is 0.273 e. The van der Waals surface area contributed by atoms with Gasteiger partial charge in [0.05, 0.1) is 12.6 Å². The zero-order chi connectivity index (χ0) is 14.3. The van der Waals surface area contributed by atoms with Gasteiger partial charge in [-0.05, 0) is 25.1 Å². The van der Waals surface area contributed by atoms with E-state index in [4.69, 9.17) is 10.5 Å². The van der Waals surface area contributed by atoms with E-state index in [1.807, 2.05) is 0 Å². The number of carbonyl (C=O) groups excluding carboxylic acids is 1. The van der Waals surface area contributed by atoms with Crippen LogP contribution in [-0.4, -0.2) is 61.4 Å². The Hall–Kier alpha value is -1.73. The molecular weight excluding hydrogens is 246 g/mol. The molecular formula is C12H21N5O2. The molecule has 0 bridgehead atoms. The number of rotatable bonds is 7. The zero-order valence-corrected chi connectivity index (χ0v) is 11.6. The summed E-state index contributed by atoms with van der Waals surface area (Å²) >= 11 is 0. The Morgan fingerprint density at radius 3 is 2.68 bits per heavy atom. The normalized spacial score (nSPS) is 12.0. The first kappa shape index (κ1) is 15.3. The Morgan fingerprint density at radius 2 is 2.21 bits per heavy atom. The van der Waals surface area contributed by atoms with Gasteiger partial charge in [0.2, 0.25) is 0 Å². The molecule has 1 unspecified atom stereocenters. The average Bonchev–Trinajstić information content (AvgIpc) is 2.39. The standard InChI is InChI=1S/C12H21N5O2/c1-17(2)12(18)10-4-5-11(16-15-10)14-9(6-7-13)8-19-3/h4-5,9H,6-8,13H2,1-3H3,(H,14,16). The third kappa shape index (κ3) is 4.80. The second-order valence-corrected chi connectivity index (χ2v) is 4.38. The van der Waals surface area contributed by atoms with E-state index in [9.17, 15) is 4.79 Å². The first-order valence-corrected chi connectivity index (χ1v) is 6.09. The van der Waals surface area contributed by atoms with Gasteiger partial charge in [-0.3, -0.25) is 4.79 Å². The molecule has 7 heteroatoms. The lowest BCUT2D eigenvalue weighted by atomic mass is 10.2. The molecule has 1 atom stereocenters. The highest BCUT2D eigenvalue weighted by atomic mass is 16.5. The van der Waals surface area contributed by atoms with Crippen molar-refractivity contribution in [1.29, 1.82) is 0 Å². The molecule has 0 aliphatic carbocycles. The van der Waals surface area contributed by atoms with Crippen molar-refractivity contribution >= 4 is 11.7 Å². The van der Waals surface area contributed by atoms with Crippen LogP contribution in [0.3, 0.4) is 0 Å². The molecule has 0 fully saturated rings. The van der Waals surface area contributed by atoms with E-state index in [0.29, 0.717) is 24.7 Å². The topological polar surface area (TPSA) is 93.4 Å². The molecule has 0 saturated carbocycles. The highest BCUT2D eigenvalue weighted by Crippen LogP contribution is 2.07. The quantitative estimate of drug-likeness (QED) is 0.719. The second-order valence-electron chi connectivity index (χ2n) is 4.38. The van der Waals surface area contributed by atoms with Crippen molar-refractivity contribution < 1.29 is 9.53 Å². The number of methoxy groups -OCH3 is 1. The Labute approximate surface area is 113 Å². The third-order valence-corrected chi connectivity index (χ3v) is 2.52. The van der Waals surface area contributed by atoms with E-state index >= 15 is 0 Å². The molecule has 1 rings (SSSR count). The summed E-state index contributed by atoms with van der Waals surface area (Å²) in [5.74, 6) is 0.431. The van der Waals surface area contributed by atoms with Gasteiger partial charge in [-0.1, -0.05) is 0 Å². The predicted octanol–water partition coefficient (Wildman–Crippen LogP) is -0.0459. The van der Waals surface area contributed by atoms with Gasteiger partial charge in [-0.15, -0.1) is 10.2 Å². The van der Waals surface area contributed by atoms with Crippen LogP contribution in [0.15, 0.2) is 12.1 Å². The minimum atomic E-state index is -0.172. The summed E-state index contributed by atoms with van der Waals surface area (Å²) in [5, 5.41) is 11.1. The van der Waals surface area contributed by atoms with Gasteiger partial charge < -0.3 is 20.7 Å². The summed E-state index contributed by atoms with van der Waals surface area (Å²) in [6, 6.07) is 3.45. The highest BCUT2D eigenvalue weighted by Gasteiger charge is 2.12. The Bertz CT molecular complexity index is 388. The van der Waals surface area contributed by atoms with Gasteiger partial charge in [-0.25, -0.2) is 0 Å². The summed E-state index contributed by atoms with van der Waals surface area (Å²) in [6.45, 7) is 1.10. The van der Waals surface area contributed by atoms with E-state index < -0.39 is 0 Å². The van der Waals surface area contributed by atoms with Gasteiger partial charge in [0, 0.05) is 21.2 Å². The van der Waals surface area contributed by atoms with Crippen LogP contribution in [-0.2, 0) is 4.74 Å². The smallest absolute Gasteiger partial charge is 0.273 e. The summed E-state index contributed by atoms with van der Waals surface area (Å²) in [6.07, 6.45) is 0.772. The maximum atomic E-state index is 11.6. The molecule has 19 heavy (non-hydrogen) atoms. The van der Waals surface area contributed by atoms with E-state index in [0.717, 1.165) is 6.42 Å². The SMILES string of the molecule is COCC(CCN)Nc1ccc(C(=O)N(C)C)nn1. The average molecular weight is 267 g/mol. The molecule has 106 valence electrons. The van der Waals surface area contributed by atoms with Gasteiger partial charge in [0.25, 0.3) is 5.91 Å². The number of nitrogens with zero attached hydrogens (tertiary/aromatic N) is 3. The molecule has 0 saturated heterocycles. The second kappa shape index (κ2) is 7.65. The van der Waals surface area contributed by atoms with Crippen molar-refractivity contribution in [3.8, 4) is 0 Å². The Kier molecular flexibility index (Phi) is 6.17. The van der Waals surface area contributed by atoms with Gasteiger partial charge in [0.1, 0.15) is 5.82 Å². The fourth-order valence-electron chi connectivity index (χ4n) is 1.56. The molecule has 0 radical (unpaired) electrons. The molecule has 0 aromatic carbocycles. The van der Waals surface area contributed by atoms with Crippen molar-refractivity contribution in [2.75, 3.05) is 39.7 Å². The van der Waals surface area contributed by atoms with Crippen LogP contribution < -0.4 is 11.1 Å². The van der Waals surface area contributed by atoms with Crippen LogP contribution in [0.4, 0.5) is 5.82 Å². The molecule has 0 aliphatic rings.